The van der Waals surface area contributed by atoms with Crippen LogP contribution in [0.4, 0.5) is 4.39 Å². The van der Waals surface area contributed by atoms with Crippen LogP contribution in [0.3, 0.4) is 0 Å². The number of aromatic nitrogens is 2. The number of aliphatic hydroxyl groups is 1. The molecule has 0 aliphatic heterocycles. The second kappa shape index (κ2) is 5.83. The molecule has 0 saturated carbocycles. The first-order valence-corrected chi connectivity index (χ1v) is 6.17. The fourth-order valence-corrected chi connectivity index (χ4v) is 1.81. The Bertz CT molecular complexity index is 625. The fraction of sp³-hybridized carbons (Fsp3) is 0.286. The van der Waals surface area contributed by atoms with E-state index >= 15 is 0 Å². The number of hydrogen-bond donors (Lipinski definition) is 1. The van der Waals surface area contributed by atoms with E-state index in [1.54, 1.807) is 12.3 Å². The van der Waals surface area contributed by atoms with Crippen LogP contribution in [0.2, 0.25) is 0 Å². The molecular weight excluding hydrogens is 263 g/mol. The maximum atomic E-state index is 13.8. The van der Waals surface area contributed by atoms with Crippen LogP contribution in [0, 0.1) is 5.82 Å². The minimum atomic E-state index is -0.725. The van der Waals surface area contributed by atoms with Gasteiger partial charge in [0, 0.05) is 17.8 Å². The number of carbonyl (C=O) groups excluding carboxylic acids is 1. The minimum Gasteiger partial charge on any atom is -0.465 e. The molecule has 0 bridgehead atoms. The number of carbonyl (C=O) groups is 1. The van der Waals surface area contributed by atoms with Gasteiger partial charge in [0.2, 0.25) is 0 Å². The fourth-order valence-electron chi connectivity index (χ4n) is 1.81. The summed E-state index contributed by atoms with van der Waals surface area (Å²) in [5.74, 6) is -1.40. The molecule has 0 amide bonds. The highest BCUT2D eigenvalue weighted by atomic mass is 19.1. The van der Waals surface area contributed by atoms with Crippen molar-refractivity contribution >= 4 is 5.97 Å². The molecule has 0 radical (unpaired) electrons. The van der Waals surface area contributed by atoms with E-state index in [2.05, 4.69) is 9.84 Å². The molecule has 1 aromatic carbocycles. The summed E-state index contributed by atoms with van der Waals surface area (Å²) < 4.78 is 19.7. The van der Waals surface area contributed by atoms with Crippen molar-refractivity contribution in [3.8, 4) is 5.69 Å². The van der Waals surface area contributed by atoms with E-state index in [1.807, 2.05) is 6.92 Å². The average molecular weight is 278 g/mol. The van der Waals surface area contributed by atoms with Crippen molar-refractivity contribution in [1.29, 1.82) is 0 Å². The summed E-state index contributed by atoms with van der Waals surface area (Å²) in [5, 5.41) is 13.8. The smallest absolute Gasteiger partial charge is 0.340 e. The first kappa shape index (κ1) is 14.2. The molecule has 0 saturated heterocycles. The largest absolute Gasteiger partial charge is 0.465 e. The Kier molecular flexibility index (Phi) is 4.14. The van der Waals surface area contributed by atoms with Gasteiger partial charge in [-0.3, -0.25) is 0 Å². The van der Waals surface area contributed by atoms with Crippen molar-refractivity contribution in [3.63, 3.8) is 0 Å². The number of hydrogen-bond acceptors (Lipinski definition) is 4. The average Bonchev–Trinajstić information content (AvgIpc) is 2.95. The zero-order valence-corrected chi connectivity index (χ0v) is 11.2. The van der Waals surface area contributed by atoms with Crippen LogP contribution in [0.15, 0.2) is 30.6 Å². The maximum Gasteiger partial charge on any atom is 0.340 e. The lowest BCUT2D eigenvalue weighted by molar-refractivity contribution is 0.0595. The minimum absolute atomic E-state index is 0.128. The zero-order chi connectivity index (χ0) is 14.7. The SMILES string of the molecule is CCC(O)c1cnn(-c2ccc(C(=O)OC)c(F)c2)c1. The van der Waals surface area contributed by atoms with Crippen molar-refractivity contribution in [2.75, 3.05) is 7.11 Å². The quantitative estimate of drug-likeness (QED) is 0.871. The Morgan fingerprint density at radius 1 is 1.55 bits per heavy atom. The van der Waals surface area contributed by atoms with Gasteiger partial charge in [-0.2, -0.15) is 5.10 Å². The third kappa shape index (κ3) is 2.70. The third-order valence-corrected chi connectivity index (χ3v) is 3.00. The Balaban J connectivity index is 2.32. The first-order chi connectivity index (χ1) is 9.56. The molecule has 1 heterocycles. The van der Waals surface area contributed by atoms with Gasteiger partial charge in [-0.1, -0.05) is 6.92 Å². The van der Waals surface area contributed by atoms with Crippen molar-refractivity contribution in [2.24, 2.45) is 0 Å². The monoisotopic (exact) mass is 278 g/mol. The van der Waals surface area contributed by atoms with Crippen LogP contribution in [0.25, 0.3) is 5.69 Å². The van der Waals surface area contributed by atoms with Gasteiger partial charge in [0.15, 0.2) is 0 Å². The highest BCUT2D eigenvalue weighted by Crippen LogP contribution is 2.19. The molecule has 0 fully saturated rings. The van der Waals surface area contributed by atoms with Gasteiger partial charge in [0.1, 0.15) is 5.82 Å². The second-order valence-electron chi connectivity index (χ2n) is 4.30. The predicted molar refractivity (Wildman–Crippen MR) is 70.1 cm³/mol. The molecule has 0 aliphatic rings. The Labute approximate surface area is 115 Å². The van der Waals surface area contributed by atoms with E-state index < -0.39 is 17.9 Å². The summed E-state index contributed by atoms with van der Waals surface area (Å²) in [7, 11) is 1.20. The molecule has 1 aromatic heterocycles. The molecule has 5 nitrogen and oxygen atoms in total. The van der Waals surface area contributed by atoms with Crippen LogP contribution in [-0.4, -0.2) is 28.0 Å². The number of benzene rings is 1. The number of nitrogens with zero attached hydrogens (tertiary/aromatic N) is 2. The Hall–Kier alpha value is -2.21. The van der Waals surface area contributed by atoms with Crippen LogP contribution >= 0.6 is 0 Å². The lowest BCUT2D eigenvalue weighted by atomic mass is 10.1. The zero-order valence-electron chi connectivity index (χ0n) is 11.2. The number of halogens is 1. The molecule has 2 aromatic rings. The van der Waals surface area contributed by atoms with Crippen molar-refractivity contribution in [3.05, 3.63) is 47.5 Å². The summed E-state index contributed by atoms with van der Waals surface area (Å²) >= 11 is 0. The third-order valence-electron chi connectivity index (χ3n) is 3.00. The van der Waals surface area contributed by atoms with E-state index in [4.69, 9.17) is 0 Å². The predicted octanol–water partition coefficient (Wildman–Crippen LogP) is 2.24. The number of esters is 1. The van der Waals surface area contributed by atoms with Gasteiger partial charge in [-0.25, -0.2) is 13.9 Å². The Morgan fingerprint density at radius 2 is 2.30 bits per heavy atom. The molecule has 20 heavy (non-hydrogen) atoms. The van der Waals surface area contributed by atoms with E-state index in [0.29, 0.717) is 17.7 Å². The number of ether oxygens (including phenoxy) is 1. The van der Waals surface area contributed by atoms with Gasteiger partial charge < -0.3 is 9.84 Å². The van der Waals surface area contributed by atoms with Crippen LogP contribution < -0.4 is 0 Å². The van der Waals surface area contributed by atoms with Gasteiger partial charge in [0.25, 0.3) is 0 Å². The standard InChI is InChI=1S/C14H15FN2O3/c1-3-13(18)9-7-16-17(8-9)10-4-5-11(12(15)6-10)14(19)20-2/h4-8,13,18H,3H2,1-2H3. The van der Waals surface area contributed by atoms with Crippen LogP contribution in [0.5, 0.6) is 0 Å². The molecule has 106 valence electrons. The molecular formula is C14H15FN2O3. The molecule has 1 unspecified atom stereocenters. The van der Waals surface area contributed by atoms with E-state index in [-0.39, 0.29) is 5.56 Å². The second-order valence-corrected chi connectivity index (χ2v) is 4.30. The lowest BCUT2D eigenvalue weighted by Gasteiger charge is -2.05. The van der Waals surface area contributed by atoms with Crippen molar-refractivity contribution in [1.82, 2.24) is 9.78 Å². The number of aliphatic hydroxyl groups excluding tert-OH is 1. The van der Waals surface area contributed by atoms with E-state index in [9.17, 15) is 14.3 Å². The molecule has 1 N–H and O–H groups in total. The molecule has 2 rings (SSSR count). The summed E-state index contributed by atoms with van der Waals surface area (Å²) in [6.07, 6.45) is 3.13. The lowest BCUT2D eigenvalue weighted by Crippen LogP contribution is -2.05. The van der Waals surface area contributed by atoms with Crippen molar-refractivity contribution in [2.45, 2.75) is 19.4 Å². The summed E-state index contributed by atoms with van der Waals surface area (Å²) in [6, 6.07) is 4.10. The summed E-state index contributed by atoms with van der Waals surface area (Å²) in [4.78, 5) is 11.3. The van der Waals surface area contributed by atoms with Crippen molar-refractivity contribution < 1.29 is 19.0 Å². The summed E-state index contributed by atoms with van der Waals surface area (Å²) in [6.45, 7) is 1.85. The van der Waals surface area contributed by atoms with Gasteiger partial charge in [-0.15, -0.1) is 0 Å². The molecule has 0 spiro atoms. The van der Waals surface area contributed by atoms with Crippen LogP contribution in [-0.2, 0) is 4.74 Å². The number of rotatable bonds is 4. The van der Waals surface area contributed by atoms with E-state index in [1.165, 1.54) is 30.1 Å². The normalized spacial score (nSPS) is 12.2. The Morgan fingerprint density at radius 3 is 2.90 bits per heavy atom. The van der Waals surface area contributed by atoms with Gasteiger partial charge in [0.05, 0.1) is 30.7 Å². The highest BCUT2D eigenvalue weighted by Gasteiger charge is 2.14. The summed E-state index contributed by atoms with van der Waals surface area (Å²) in [5.41, 5.74) is 0.992. The van der Waals surface area contributed by atoms with Gasteiger partial charge in [-0.05, 0) is 18.6 Å². The van der Waals surface area contributed by atoms with Gasteiger partial charge >= 0.3 is 5.97 Å². The molecule has 1 atom stereocenters. The van der Waals surface area contributed by atoms with E-state index in [0.717, 1.165) is 0 Å². The highest BCUT2D eigenvalue weighted by molar-refractivity contribution is 5.89. The topological polar surface area (TPSA) is 64.4 Å². The number of methoxy groups -OCH3 is 1. The molecule has 0 aliphatic carbocycles. The maximum absolute atomic E-state index is 13.8. The van der Waals surface area contributed by atoms with Crippen LogP contribution in [0.1, 0.15) is 35.4 Å². The first-order valence-electron chi connectivity index (χ1n) is 6.17. The molecule has 6 heteroatoms.